The van der Waals surface area contributed by atoms with Crippen LogP contribution in [0.3, 0.4) is 0 Å². The molecule has 1 unspecified atom stereocenters. The van der Waals surface area contributed by atoms with Crippen LogP contribution in [0.15, 0.2) is 60.9 Å². The average Bonchev–Trinajstić information content (AvgIpc) is 3.48. The first kappa shape index (κ1) is 22.9. The van der Waals surface area contributed by atoms with E-state index in [1.165, 1.54) is 19.0 Å². The van der Waals surface area contributed by atoms with Crippen LogP contribution < -0.4 is 15.5 Å². The third-order valence-corrected chi connectivity index (χ3v) is 6.02. The van der Waals surface area contributed by atoms with Gasteiger partial charge in [-0.25, -0.2) is 0 Å². The van der Waals surface area contributed by atoms with Crippen molar-refractivity contribution in [2.75, 3.05) is 23.3 Å². The van der Waals surface area contributed by atoms with Crippen LogP contribution in [0.2, 0.25) is 5.02 Å². The number of amides is 2. The second-order valence-corrected chi connectivity index (χ2v) is 8.80. The Bertz CT molecular complexity index is 1120. The molecule has 2 N–H and O–H groups in total. The van der Waals surface area contributed by atoms with Gasteiger partial charge in [0.05, 0.1) is 18.3 Å². The van der Waals surface area contributed by atoms with Gasteiger partial charge in [-0.2, -0.15) is 5.10 Å². The van der Waals surface area contributed by atoms with E-state index in [0.717, 1.165) is 30.0 Å². The number of halogens is 1. The lowest BCUT2D eigenvalue weighted by atomic mass is 10.2. The predicted molar refractivity (Wildman–Crippen MR) is 131 cm³/mol. The van der Waals surface area contributed by atoms with E-state index in [1.54, 1.807) is 10.9 Å². The Morgan fingerprint density at radius 2 is 1.91 bits per heavy atom. The van der Waals surface area contributed by atoms with Crippen LogP contribution in [0.1, 0.15) is 42.1 Å². The van der Waals surface area contributed by atoms with Gasteiger partial charge in [0.25, 0.3) is 5.91 Å². The molecule has 2 aromatic carbocycles. The van der Waals surface area contributed by atoms with Gasteiger partial charge in [-0.1, -0.05) is 35.9 Å². The molecule has 2 amide bonds. The molecule has 3 aromatic rings. The first-order valence-corrected chi connectivity index (χ1v) is 11.6. The minimum absolute atomic E-state index is 0.143. The van der Waals surface area contributed by atoms with Gasteiger partial charge in [0, 0.05) is 48.1 Å². The fraction of sp³-hybridized carbons (Fsp3) is 0.320. The van der Waals surface area contributed by atoms with Crippen molar-refractivity contribution in [1.29, 1.82) is 0 Å². The standard InChI is InChI=1S/C25H28ClN5O2/c1-18(13-24(32)29-21-8-6-9-22(14-21)30-11-4-5-12-30)28-25(33)20-15-27-31(17-20)16-19-7-2-3-10-23(19)26/h2-3,6-10,14-15,17-18H,4-5,11-13,16H2,1H3,(H,28,33)(H,29,32). The van der Waals surface area contributed by atoms with Crippen LogP contribution in [0.4, 0.5) is 11.4 Å². The zero-order valence-corrected chi connectivity index (χ0v) is 19.4. The van der Waals surface area contributed by atoms with E-state index in [0.29, 0.717) is 17.1 Å². The van der Waals surface area contributed by atoms with Gasteiger partial charge < -0.3 is 15.5 Å². The summed E-state index contributed by atoms with van der Waals surface area (Å²) >= 11 is 6.20. The number of anilines is 2. The second kappa shape index (κ2) is 10.5. The Hall–Kier alpha value is -3.32. The van der Waals surface area contributed by atoms with Crippen molar-refractivity contribution >= 4 is 34.8 Å². The first-order valence-electron chi connectivity index (χ1n) is 11.2. The van der Waals surface area contributed by atoms with Gasteiger partial charge in [0.1, 0.15) is 0 Å². The predicted octanol–water partition coefficient (Wildman–Crippen LogP) is 4.33. The molecule has 1 saturated heterocycles. The number of hydrogen-bond acceptors (Lipinski definition) is 4. The lowest BCUT2D eigenvalue weighted by molar-refractivity contribution is -0.116. The first-order chi connectivity index (χ1) is 16.0. The minimum Gasteiger partial charge on any atom is -0.371 e. The molecule has 0 radical (unpaired) electrons. The maximum Gasteiger partial charge on any atom is 0.254 e. The fourth-order valence-corrected chi connectivity index (χ4v) is 4.17. The highest BCUT2D eigenvalue weighted by Gasteiger charge is 2.16. The third kappa shape index (κ3) is 6.14. The van der Waals surface area contributed by atoms with Gasteiger partial charge in [-0.3, -0.25) is 14.3 Å². The molecule has 172 valence electrons. The highest BCUT2D eigenvalue weighted by molar-refractivity contribution is 6.31. The topological polar surface area (TPSA) is 79.3 Å². The molecular formula is C25H28ClN5O2. The van der Waals surface area contributed by atoms with E-state index in [4.69, 9.17) is 11.6 Å². The summed E-state index contributed by atoms with van der Waals surface area (Å²) in [6, 6.07) is 15.1. The summed E-state index contributed by atoms with van der Waals surface area (Å²) in [6.45, 7) is 4.39. The number of hydrogen-bond donors (Lipinski definition) is 2. The van der Waals surface area contributed by atoms with E-state index in [2.05, 4.69) is 26.7 Å². The maximum absolute atomic E-state index is 12.6. The van der Waals surface area contributed by atoms with E-state index in [9.17, 15) is 9.59 Å². The summed E-state index contributed by atoms with van der Waals surface area (Å²) in [5.74, 6) is -0.410. The van der Waals surface area contributed by atoms with E-state index >= 15 is 0 Å². The van der Waals surface area contributed by atoms with Crippen LogP contribution in [0.25, 0.3) is 0 Å². The monoisotopic (exact) mass is 465 g/mol. The van der Waals surface area contributed by atoms with Crippen LogP contribution in [0.5, 0.6) is 0 Å². The summed E-state index contributed by atoms with van der Waals surface area (Å²) in [6.07, 6.45) is 5.77. The van der Waals surface area contributed by atoms with Crippen LogP contribution in [0, 0.1) is 0 Å². The van der Waals surface area contributed by atoms with Crippen molar-refractivity contribution in [3.8, 4) is 0 Å². The van der Waals surface area contributed by atoms with Crippen molar-refractivity contribution in [3.63, 3.8) is 0 Å². The Labute approximate surface area is 198 Å². The van der Waals surface area contributed by atoms with E-state index in [-0.39, 0.29) is 24.3 Å². The molecule has 4 rings (SSSR count). The van der Waals surface area contributed by atoms with Gasteiger partial charge >= 0.3 is 0 Å². The Kier molecular flexibility index (Phi) is 7.29. The quantitative estimate of drug-likeness (QED) is 0.519. The molecule has 7 nitrogen and oxygen atoms in total. The van der Waals surface area contributed by atoms with Gasteiger partial charge in [0.2, 0.25) is 5.91 Å². The number of aromatic nitrogens is 2. The number of carbonyl (C=O) groups is 2. The largest absolute Gasteiger partial charge is 0.371 e. The SMILES string of the molecule is CC(CC(=O)Nc1cccc(N2CCCC2)c1)NC(=O)c1cnn(Cc2ccccc2Cl)c1. The molecule has 1 atom stereocenters. The molecular weight excluding hydrogens is 438 g/mol. The number of carbonyl (C=O) groups excluding carboxylic acids is 2. The zero-order valence-electron chi connectivity index (χ0n) is 18.6. The number of benzene rings is 2. The molecule has 0 bridgehead atoms. The smallest absolute Gasteiger partial charge is 0.254 e. The normalized spacial score (nSPS) is 14.2. The number of nitrogens with one attached hydrogen (secondary N) is 2. The lowest BCUT2D eigenvalue weighted by Crippen LogP contribution is -2.35. The van der Waals surface area contributed by atoms with Gasteiger partial charge in [0.15, 0.2) is 0 Å². The molecule has 1 aromatic heterocycles. The number of nitrogens with zero attached hydrogens (tertiary/aromatic N) is 3. The molecule has 0 saturated carbocycles. The Morgan fingerprint density at radius 3 is 2.70 bits per heavy atom. The highest BCUT2D eigenvalue weighted by atomic mass is 35.5. The number of rotatable bonds is 8. The molecule has 1 fully saturated rings. The zero-order chi connectivity index (χ0) is 23.2. The fourth-order valence-electron chi connectivity index (χ4n) is 3.97. The summed E-state index contributed by atoms with van der Waals surface area (Å²) in [5.41, 5.74) is 3.25. The molecule has 1 aliphatic heterocycles. The van der Waals surface area contributed by atoms with E-state index < -0.39 is 0 Å². The maximum atomic E-state index is 12.6. The van der Waals surface area contributed by atoms with Gasteiger partial charge in [-0.05, 0) is 49.6 Å². The second-order valence-electron chi connectivity index (χ2n) is 8.39. The average molecular weight is 466 g/mol. The summed E-state index contributed by atoms with van der Waals surface area (Å²) in [5, 5.41) is 10.7. The molecule has 1 aliphatic rings. The van der Waals surface area contributed by atoms with Crippen molar-refractivity contribution in [3.05, 3.63) is 77.1 Å². The molecule has 8 heteroatoms. The van der Waals surface area contributed by atoms with Crippen molar-refractivity contribution in [1.82, 2.24) is 15.1 Å². The lowest BCUT2D eigenvalue weighted by Gasteiger charge is -2.19. The van der Waals surface area contributed by atoms with E-state index in [1.807, 2.05) is 49.4 Å². The summed E-state index contributed by atoms with van der Waals surface area (Å²) in [4.78, 5) is 27.4. The molecule has 0 spiro atoms. The summed E-state index contributed by atoms with van der Waals surface area (Å²) < 4.78 is 1.67. The molecule has 33 heavy (non-hydrogen) atoms. The molecule has 2 heterocycles. The Balaban J connectivity index is 1.28. The summed E-state index contributed by atoms with van der Waals surface area (Å²) in [7, 11) is 0. The van der Waals surface area contributed by atoms with Crippen LogP contribution in [-0.2, 0) is 11.3 Å². The molecule has 0 aliphatic carbocycles. The van der Waals surface area contributed by atoms with Gasteiger partial charge in [-0.15, -0.1) is 0 Å². The van der Waals surface area contributed by atoms with Crippen molar-refractivity contribution in [2.45, 2.75) is 38.8 Å². The van der Waals surface area contributed by atoms with Crippen LogP contribution in [-0.4, -0.2) is 40.7 Å². The van der Waals surface area contributed by atoms with Crippen LogP contribution >= 0.6 is 11.6 Å². The highest BCUT2D eigenvalue weighted by Crippen LogP contribution is 2.23. The Morgan fingerprint density at radius 1 is 1.12 bits per heavy atom. The third-order valence-electron chi connectivity index (χ3n) is 5.66. The van der Waals surface area contributed by atoms with Crippen molar-refractivity contribution < 1.29 is 9.59 Å². The van der Waals surface area contributed by atoms with Crippen molar-refractivity contribution in [2.24, 2.45) is 0 Å². The minimum atomic E-state index is -0.328.